The van der Waals surface area contributed by atoms with Crippen molar-refractivity contribution < 1.29 is 14.3 Å². The maximum Gasteiger partial charge on any atom is 0.310 e. The van der Waals surface area contributed by atoms with Gasteiger partial charge >= 0.3 is 5.97 Å². The van der Waals surface area contributed by atoms with Crippen LogP contribution in [-0.4, -0.2) is 37.5 Å². The summed E-state index contributed by atoms with van der Waals surface area (Å²) in [5.74, 6) is -0.636. The summed E-state index contributed by atoms with van der Waals surface area (Å²) in [4.78, 5) is 25.9. The summed E-state index contributed by atoms with van der Waals surface area (Å²) in [7, 11) is 3.07. The van der Waals surface area contributed by atoms with Crippen molar-refractivity contribution in [3.05, 3.63) is 21.9 Å². The minimum atomic E-state index is -0.311. The van der Waals surface area contributed by atoms with E-state index >= 15 is 0 Å². The fraction of sp³-hybridized carbons (Fsp3) is 0.538. The number of methoxy groups -OCH3 is 1. The summed E-state index contributed by atoms with van der Waals surface area (Å²) in [6, 6.07) is 1.97. The first-order valence-electron chi connectivity index (χ1n) is 5.90. The second-order valence-electron chi connectivity index (χ2n) is 4.24. The smallest absolute Gasteiger partial charge is 0.310 e. The third-order valence-corrected chi connectivity index (χ3v) is 3.76. The largest absolute Gasteiger partial charge is 0.469 e. The van der Waals surface area contributed by atoms with E-state index in [-0.39, 0.29) is 17.8 Å². The number of esters is 1. The van der Waals surface area contributed by atoms with Gasteiger partial charge in [0.1, 0.15) is 0 Å². The number of carbonyl (C=O) groups excluding carboxylic acids is 2. The number of amides is 1. The minimum Gasteiger partial charge on any atom is -0.469 e. The van der Waals surface area contributed by atoms with Gasteiger partial charge in [0, 0.05) is 13.6 Å². The highest BCUT2D eigenvalue weighted by molar-refractivity contribution is 7.12. The van der Waals surface area contributed by atoms with Gasteiger partial charge in [0.25, 0.3) is 5.91 Å². The second-order valence-corrected chi connectivity index (χ2v) is 5.15. The van der Waals surface area contributed by atoms with Crippen molar-refractivity contribution in [3.63, 3.8) is 0 Å². The first-order chi connectivity index (χ1) is 8.51. The van der Waals surface area contributed by atoms with Gasteiger partial charge in [-0.05, 0) is 23.4 Å². The molecule has 4 nitrogen and oxygen atoms in total. The van der Waals surface area contributed by atoms with Crippen LogP contribution in [0.4, 0.5) is 0 Å². The average Bonchev–Trinajstić information content (AvgIpc) is 2.84. The molecule has 1 aromatic heterocycles. The molecule has 18 heavy (non-hydrogen) atoms. The number of thiophene rings is 1. The number of hydrogen-bond donors (Lipinski definition) is 0. The van der Waals surface area contributed by atoms with Crippen molar-refractivity contribution in [2.75, 3.05) is 20.7 Å². The Kier molecular flexibility index (Phi) is 5.34. The molecular weight excluding hydrogens is 250 g/mol. The van der Waals surface area contributed by atoms with Crippen LogP contribution in [0.1, 0.15) is 29.1 Å². The Morgan fingerprint density at radius 3 is 2.72 bits per heavy atom. The van der Waals surface area contributed by atoms with Crippen LogP contribution < -0.4 is 0 Å². The van der Waals surface area contributed by atoms with Crippen LogP contribution in [0.5, 0.6) is 0 Å². The highest BCUT2D eigenvalue weighted by Gasteiger charge is 2.21. The summed E-state index contributed by atoms with van der Waals surface area (Å²) >= 11 is 1.44. The lowest BCUT2D eigenvalue weighted by Gasteiger charge is -2.20. The van der Waals surface area contributed by atoms with Gasteiger partial charge in [-0.25, -0.2) is 0 Å². The predicted molar refractivity (Wildman–Crippen MR) is 71.8 cm³/mol. The number of nitrogens with zero attached hydrogens (tertiary/aromatic N) is 1. The number of rotatable bonds is 5. The van der Waals surface area contributed by atoms with Gasteiger partial charge in [0.15, 0.2) is 0 Å². The molecule has 0 aliphatic heterocycles. The van der Waals surface area contributed by atoms with Crippen LogP contribution in [-0.2, 0) is 16.0 Å². The van der Waals surface area contributed by atoms with E-state index in [1.807, 2.05) is 18.4 Å². The number of ether oxygens (including phenoxy) is 1. The highest BCUT2D eigenvalue weighted by Crippen LogP contribution is 2.19. The molecule has 5 heteroatoms. The molecule has 1 amide bonds. The number of aryl methyl sites for hydroxylation is 1. The van der Waals surface area contributed by atoms with E-state index in [4.69, 9.17) is 0 Å². The van der Waals surface area contributed by atoms with Crippen molar-refractivity contribution in [1.82, 2.24) is 4.90 Å². The number of hydrogen-bond acceptors (Lipinski definition) is 4. The number of carbonyl (C=O) groups is 2. The van der Waals surface area contributed by atoms with Crippen LogP contribution in [0.3, 0.4) is 0 Å². The van der Waals surface area contributed by atoms with Crippen molar-refractivity contribution >= 4 is 23.2 Å². The molecule has 0 radical (unpaired) electrons. The van der Waals surface area contributed by atoms with Crippen molar-refractivity contribution in [1.29, 1.82) is 0 Å². The normalized spacial score (nSPS) is 12.0. The van der Waals surface area contributed by atoms with Gasteiger partial charge in [-0.1, -0.05) is 13.8 Å². The maximum atomic E-state index is 12.2. The predicted octanol–water partition coefficient (Wildman–Crippen LogP) is 2.19. The summed E-state index contributed by atoms with van der Waals surface area (Å²) in [6.07, 6.45) is 0.838. The Hall–Kier alpha value is -1.36. The van der Waals surface area contributed by atoms with Crippen LogP contribution in [0.25, 0.3) is 0 Å². The fourth-order valence-corrected chi connectivity index (χ4v) is 2.73. The molecule has 1 aromatic rings. The molecular formula is C13H19NO3S. The molecule has 0 spiro atoms. The first-order valence-corrected chi connectivity index (χ1v) is 6.78. The average molecular weight is 269 g/mol. The van der Waals surface area contributed by atoms with Crippen molar-refractivity contribution in [2.24, 2.45) is 5.92 Å². The van der Waals surface area contributed by atoms with Gasteiger partial charge in [-0.15, -0.1) is 11.3 Å². The fourth-order valence-electron chi connectivity index (χ4n) is 1.74. The molecule has 0 aliphatic rings. The molecule has 0 aliphatic carbocycles. The quantitative estimate of drug-likeness (QED) is 0.770. The molecule has 1 rings (SSSR count). The molecule has 0 bridgehead atoms. The third-order valence-electron chi connectivity index (χ3n) is 2.82. The van der Waals surface area contributed by atoms with Gasteiger partial charge in [-0.3, -0.25) is 9.59 Å². The monoisotopic (exact) mass is 269 g/mol. The standard InChI is InChI=1S/C13H19NO3S/c1-5-10-6-7-18-11(10)12(15)14(3)8-9(2)13(16)17-4/h6-7,9H,5,8H2,1-4H3. The van der Waals surface area contributed by atoms with Gasteiger partial charge < -0.3 is 9.64 Å². The van der Waals surface area contributed by atoms with Crippen LogP contribution in [0, 0.1) is 5.92 Å². The lowest BCUT2D eigenvalue weighted by atomic mass is 10.1. The molecule has 0 aromatic carbocycles. The summed E-state index contributed by atoms with van der Waals surface area (Å²) in [6.45, 7) is 4.15. The summed E-state index contributed by atoms with van der Waals surface area (Å²) in [5, 5.41) is 1.92. The molecule has 100 valence electrons. The van der Waals surface area contributed by atoms with E-state index in [1.165, 1.54) is 18.4 Å². The van der Waals surface area contributed by atoms with Crippen LogP contribution in [0.2, 0.25) is 0 Å². The summed E-state index contributed by atoms with van der Waals surface area (Å²) < 4.78 is 4.65. The SMILES string of the molecule is CCc1ccsc1C(=O)N(C)CC(C)C(=O)OC. The zero-order valence-electron chi connectivity index (χ0n) is 11.2. The Labute approximate surface area is 112 Å². The molecule has 0 saturated carbocycles. The van der Waals surface area contributed by atoms with Gasteiger partial charge in [-0.2, -0.15) is 0 Å². The Balaban J connectivity index is 2.70. The molecule has 0 N–H and O–H groups in total. The van der Waals surface area contributed by atoms with E-state index in [9.17, 15) is 9.59 Å². The van der Waals surface area contributed by atoms with E-state index in [0.717, 1.165) is 16.9 Å². The Bertz CT molecular complexity index is 428. The van der Waals surface area contributed by atoms with Crippen LogP contribution in [0.15, 0.2) is 11.4 Å². The molecule has 1 unspecified atom stereocenters. The minimum absolute atomic E-state index is 0.0300. The zero-order valence-corrected chi connectivity index (χ0v) is 12.0. The zero-order chi connectivity index (χ0) is 13.7. The van der Waals surface area contributed by atoms with E-state index < -0.39 is 0 Å². The third kappa shape index (κ3) is 3.32. The van der Waals surface area contributed by atoms with E-state index in [1.54, 1.807) is 18.9 Å². The summed E-state index contributed by atoms with van der Waals surface area (Å²) in [5.41, 5.74) is 1.06. The topological polar surface area (TPSA) is 46.6 Å². The first kappa shape index (κ1) is 14.7. The lowest BCUT2D eigenvalue weighted by molar-refractivity contribution is -0.145. The lowest BCUT2D eigenvalue weighted by Crippen LogP contribution is -2.34. The molecule has 0 saturated heterocycles. The Morgan fingerprint density at radius 2 is 2.17 bits per heavy atom. The van der Waals surface area contributed by atoms with Crippen molar-refractivity contribution in [3.8, 4) is 0 Å². The molecule has 0 fully saturated rings. The van der Waals surface area contributed by atoms with Crippen LogP contribution >= 0.6 is 11.3 Å². The van der Waals surface area contributed by atoms with E-state index in [2.05, 4.69) is 4.74 Å². The molecule has 1 heterocycles. The maximum absolute atomic E-state index is 12.2. The van der Waals surface area contributed by atoms with E-state index in [0.29, 0.717) is 6.54 Å². The Morgan fingerprint density at radius 1 is 1.50 bits per heavy atom. The second kappa shape index (κ2) is 6.54. The highest BCUT2D eigenvalue weighted by atomic mass is 32.1. The van der Waals surface area contributed by atoms with Crippen molar-refractivity contribution in [2.45, 2.75) is 20.3 Å². The molecule has 1 atom stereocenters. The van der Waals surface area contributed by atoms with Gasteiger partial charge in [0.05, 0.1) is 17.9 Å². The van der Waals surface area contributed by atoms with Gasteiger partial charge in [0.2, 0.25) is 0 Å².